The number of halogens is 8. The van der Waals surface area contributed by atoms with Gasteiger partial charge in [-0.05, 0) is 136 Å². The number of hydrogen-bond donors (Lipinski definition) is 5. The van der Waals surface area contributed by atoms with Crippen LogP contribution in [0.3, 0.4) is 0 Å². The minimum absolute atomic E-state index is 0. The zero-order valence-corrected chi connectivity index (χ0v) is 42.2. The van der Waals surface area contributed by atoms with E-state index >= 15 is 0 Å². The van der Waals surface area contributed by atoms with Crippen molar-refractivity contribution in [3.8, 4) is 0 Å². The lowest BCUT2D eigenvalue weighted by Crippen LogP contribution is -2.34. The summed E-state index contributed by atoms with van der Waals surface area (Å²) in [6.07, 6.45) is 5.03. The number of nitrogens with zero attached hydrogens (tertiary/aromatic N) is 7. The second-order valence-corrected chi connectivity index (χ2v) is 19.6. The number of hydrogen-bond acceptors (Lipinski definition) is 11. The van der Waals surface area contributed by atoms with Gasteiger partial charge in [-0.3, -0.25) is 28.7 Å². The summed E-state index contributed by atoms with van der Waals surface area (Å²) >= 11 is 0. The summed E-state index contributed by atoms with van der Waals surface area (Å²) in [6, 6.07) is 0.174. The molecule has 0 radical (unpaired) electrons. The first-order chi connectivity index (χ1) is 32.9. The molecule has 16 nitrogen and oxygen atoms in total. The topological polar surface area (TPSA) is 194 Å². The van der Waals surface area contributed by atoms with Gasteiger partial charge in [0.15, 0.2) is 17.1 Å². The molecule has 402 valence electrons. The van der Waals surface area contributed by atoms with Crippen molar-refractivity contribution in [2.24, 2.45) is 17.8 Å². The van der Waals surface area contributed by atoms with Crippen LogP contribution in [0.2, 0.25) is 0 Å². The van der Waals surface area contributed by atoms with Gasteiger partial charge >= 0.3 is 12.2 Å². The second kappa shape index (κ2) is 28.6. The Balaban J connectivity index is 0.000000356. The second-order valence-electron chi connectivity index (χ2n) is 19.6. The van der Waals surface area contributed by atoms with Crippen LogP contribution in [0.4, 0.5) is 57.4 Å². The fraction of sp³-hybridized carbons (Fsp3) is 0.761. The van der Waals surface area contributed by atoms with Crippen molar-refractivity contribution >= 4 is 41.7 Å². The zero-order valence-electron chi connectivity index (χ0n) is 42.4. The minimum Gasteiger partial charge on any atom is -0.444 e. The van der Waals surface area contributed by atoms with E-state index in [0.717, 1.165) is 81.9 Å². The zero-order chi connectivity index (χ0) is 52.5. The molecule has 0 unspecified atom stereocenters. The number of rotatable bonds is 12. The largest absolute Gasteiger partial charge is 0.444 e. The van der Waals surface area contributed by atoms with Gasteiger partial charge in [0, 0.05) is 52.5 Å². The SMILES string of the molecule is CC(C)(C)OC(=O)Nc1cn(C2CCC(CO)CC2)nc1C(F)F.CN(C(=O)OC(C)(C)C)c1cn(C2CCC(CO)CC2)nc1C(F)F.CNc1cn(C2CCC(CO)CC2)nc1C(F)F.Cl.[2H]CF. The van der Waals surface area contributed by atoms with Gasteiger partial charge in [0.25, 0.3) is 19.3 Å². The maximum absolute atomic E-state index is 13.4. The molecule has 3 heterocycles. The molecule has 24 heteroatoms. The Morgan fingerprint density at radius 2 is 0.986 bits per heavy atom. The number of aliphatic hydroxyl groups is 3. The van der Waals surface area contributed by atoms with Gasteiger partial charge < -0.3 is 30.1 Å². The molecule has 3 fully saturated rings. The summed E-state index contributed by atoms with van der Waals surface area (Å²) in [4.78, 5) is 25.1. The molecule has 3 aromatic heterocycles. The number of nitrogens with one attached hydrogen (secondary N) is 2. The van der Waals surface area contributed by atoms with Crippen molar-refractivity contribution in [2.45, 2.75) is 167 Å². The third-order valence-electron chi connectivity index (χ3n) is 12.2. The van der Waals surface area contributed by atoms with Crippen LogP contribution in [-0.2, 0) is 9.47 Å². The first-order valence-electron chi connectivity index (χ1n) is 24.0. The Morgan fingerprint density at radius 3 is 1.30 bits per heavy atom. The molecule has 3 aliphatic carbocycles. The molecule has 0 saturated heterocycles. The highest BCUT2D eigenvalue weighted by atomic mass is 35.5. The predicted octanol–water partition coefficient (Wildman–Crippen LogP) is 11.4. The lowest BCUT2D eigenvalue weighted by Gasteiger charge is -2.27. The van der Waals surface area contributed by atoms with Crippen LogP contribution in [0, 0.1) is 17.8 Å². The van der Waals surface area contributed by atoms with Crippen molar-refractivity contribution in [1.82, 2.24) is 29.3 Å². The molecular formula is C46H75ClF7N9O7. The third-order valence-corrected chi connectivity index (χ3v) is 12.2. The Bertz CT molecular complexity index is 2010. The van der Waals surface area contributed by atoms with E-state index in [4.69, 9.17) is 16.0 Å². The van der Waals surface area contributed by atoms with E-state index in [0.29, 0.717) is 11.6 Å². The molecule has 70 heavy (non-hydrogen) atoms. The Morgan fingerprint density at radius 1 is 0.657 bits per heavy atom. The summed E-state index contributed by atoms with van der Waals surface area (Å²) in [6.45, 7) is 10.8. The first kappa shape index (κ1) is 60.0. The van der Waals surface area contributed by atoms with E-state index in [-0.39, 0.29) is 79.3 Å². The van der Waals surface area contributed by atoms with Crippen LogP contribution in [0.15, 0.2) is 18.6 Å². The van der Waals surface area contributed by atoms with Gasteiger partial charge in [-0.1, -0.05) is 0 Å². The predicted molar refractivity (Wildman–Crippen MR) is 254 cm³/mol. The number of alkyl halides is 7. The maximum atomic E-state index is 13.4. The third kappa shape index (κ3) is 18.7. The average Bonchev–Trinajstić information content (AvgIpc) is 4.07. The molecule has 5 N–H and O–H groups in total. The number of carbonyl (C=O) groups excluding carboxylic acids is 2. The molecule has 0 aliphatic heterocycles. The number of ether oxygens (including phenoxy) is 2. The highest BCUT2D eigenvalue weighted by molar-refractivity contribution is 5.88. The smallest absolute Gasteiger partial charge is 0.414 e. The van der Waals surface area contributed by atoms with E-state index in [1.807, 2.05) is 0 Å². The summed E-state index contributed by atoms with van der Waals surface area (Å²) < 4.78 is 109. The molecule has 3 aliphatic rings. The van der Waals surface area contributed by atoms with Gasteiger partial charge in [0.1, 0.15) is 11.2 Å². The normalized spacial score (nSPS) is 21.7. The Labute approximate surface area is 413 Å². The van der Waals surface area contributed by atoms with E-state index in [1.165, 1.54) is 28.8 Å². The summed E-state index contributed by atoms with van der Waals surface area (Å²) in [5.41, 5.74) is -2.04. The Kier molecular flexibility index (Phi) is 24.5. The van der Waals surface area contributed by atoms with Gasteiger partial charge in [-0.25, -0.2) is 35.9 Å². The van der Waals surface area contributed by atoms with Gasteiger partial charge in [-0.15, -0.1) is 12.4 Å². The molecule has 2 amide bonds. The van der Waals surface area contributed by atoms with Gasteiger partial charge in [0.05, 0.1) is 43.7 Å². The van der Waals surface area contributed by atoms with Crippen molar-refractivity contribution in [3.05, 3.63) is 35.7 Å². The van der Waals surface area contributed by atoms with Crippen molar-refractivity contribution in [3.63, 3.8) is 0 Å². The Hall–Kier alpha value is -4.35. The number of aliphatic hydroxyl groups excluding tert-OH is 3. The molecule has 3 saturated carbocycles. The number of anilines is 3. The molecule has 0 bridgehead atoms. The molecular weight excluding hydrogens is 959 g/mol. The molecule has 0 aromatic carbocycles. The maximum Gasteiger partial charge on any atom is 0.414 e. The lowest BCUT2D eigenvalue weighted by atomic mass is 9.87. The van der Waals surface area contributed by atoms with E-state index in [2.05, 4.69) is 25.9 Å². The van der Waals surface area contributed by atoms with E-state index < -0.39 is 61.2 Å². The van der Waals surface area contributed by atoms with Gasteiger partial charge in [-0.2, -0.15) is 15.3 Å². The fourth-order valence-corrected chi connectivity index (χ4v) is 8.41. The fourth-order valence-electron chi connectivity index (χ4n) is 8.41. The molecule has 0 atom stereocenters. The summed E-state index contributed by atoms with van der Waals surface area (Å²) in [5.74, 6) is 0.895. The van der Waals surface area contributed by atoms with Crippen LogP contribution >= 0.6 is 12.4 Å². The number of carbonyl (C=O) groups is 2. The van der Waals surface area contributed by atoms with Gasteiger partial charge in [0.2, 0.25) is 0 Å². The van der Waals surface area contributed by atoms with E-state index in [1.54, 1.807) is 59.5 Å². The van der Waals surface area contributed by atoms with Crippen LogP contribution in [-0.4, -0.2) is 109 Å². The molecule has 3 aromatic rings. The first-order valence-corrected chi connectivity index (χ1v) is 23.3. The molecule has 6 rings (SSSR count). The van der Waals surface area contributed by atoms with Crippen molar-refractivity contribution in [2.75, 3.05) is 56.6 Å². The quantitative estimate of drug-likeness (QED) is 0.108. The summed E-state index contributed by atoms with van der Waals surface area (Å²) in [7, 11) is 2.03. The number of aromatic nitrogens is 6. The number of amides is 2. The van der Waals surface area contributed by atoms with Crippen LogP contribution in [0.1, 0.15) is 174 Å². The van der Waals surface area contributed by atoms with Crippen molar-refractivity contribution < 1.29 is 66.5 Å². The van der Waals surface area contributed by atoms with Crippen molar-refractivity contribution in [1.29, 1.82) is 0 Å². The van der Waals surface area contributed by atoms with Crippen LogP contribution in [0.5, 0.6) is 0 Å². The van der Waals surface area contributed by atoms with E-state index in [9.17, 15) is 50.5 Å². The lowest BCUT2D eigenvalue weighted by molar-refractivity contribution is 0.0585. The summed E-state index contributed by atoms with van der Waals surface area (Å²) in [5, 5.41) is 44.6. The average molecular weight is 1040 g/mol. The van der Waals surface area contributed by atoms with Crippen LogP contribution < -0.4 is 15.5 Å². The standard InChI is InChI=1S/C17H27F2N3O3.C16H25F2N3O3.C12H19F2N3O.CH3F.ClH/c1-17(2,3)25-16(24)21(4)13-9-22(20-14(13)15(18)19)12-7-5-11(10-23)6-8-12;1-16(2,3)24-15(23)19-12-8-21(20-13(12)14(17)18)11-6-4-10(9-22)5-7-11;1-15-10-6-17(16-11(10)12(13)14)9-4-2-8(7-18)3-5-9;1-2;/h9,11-12,15,23H,5-8,10H2,1-4H3;8,10-11,14,22H,4-7,9H2,1-3H3,(H,19,23);6,8-9,12,15,18H,2-5,7H2,1H3;1H3;1H/i;;;1D;. The highest BCUT2D eigenvalue weighted by Crippen LogP contribution is 2.38. The van der Waals surface area contributed by atoms with Crippen LogP contribution in [0.25, 0.3) is 0 Å². The highest BCUT2D eigenvalue weighted by Gasteiger charge is 2.32. The monoisotopic (exact) mass is 1030 g/mol. The molecule has 0 spiro atoms. The minimum atomic E-state index is -2.79.